The Hall–Kier alpha value is -1.42. The minimum atomic E-state index is -0.256. The first-order valence-corrected chi connectivity index (χ1v) is 5.84. The summed E-state index contributed by atoms with van der Waals surface area (Å²) in [5.41, 5.74) is 7.31. The van der Waals surface area contributed by atoms with Crippen molar-refractivity contribution in [2.75, 3.05) is 6.54 Å². The molecule has 1 heterocycles. The molecule has 0 saturated carbocycles. The van der Waals surface area contributed by atoms with Gasteiger partial charge in [-0.05, 0) is 18.6 Å². The van der Waals surface area contributed by atoms with Crippen LogP contribution in [0.5, 0.6) is 0 Å². The minimum Gasteiger partial charge on any atom is -0.331 e. The molecule has 17 heavy (non-hydrogen) atoms. The van der Waals surface area contributed by atoms with Crippen molar-refractivity contribution in [1.29, 1.82) is 0 Å². The lowest BCUT2D eigenvalue weighted by Gasteiger charge is -2.25. The van der Waals surface area contributed by atoms with E-state index >= 15 is 0 Å². The van der Waals surface area contributed by atoms with Crippen LogP contribution in [0.3, 0.4) is 0 Å². The van der Waals surface area contributed by atoms with Gasteiger partial charge in [0.2, 0.25) is 0 Å². The van der Waals surface area contributed by atoms with Crippen LogP contribution >= 0.6 is 0 Å². The Morgan fingerprint density at radius 1 is 1.47 bits per heavy atom. The summed E-state index contributed by atoms with van der Waals surface area (Å²) in [5.74, 6) is 0.663. The normalized spacial score (nSPS) is 15.1. The third kappa shape index (κ3) is 1.82. The maximum absolute atomic E-state index is 13.2. The minimum absolute atomic E-state index is 0.162. The van der Waals surface area contributed by atoms with E-state index in [1.165, 1.54) is 12.1 Å². The summed E-state index contributed by atoms with van der Waals surface area (Å²) in [5, 5.41) is 0. The fourth-order valence-electron chi connectivity index (χ4n) is 2.11. The molecule has 0 amide bonds. The van der Waals surface area contributed by atoms with Gasteiger partial charge in [0.25, 0.3) is 0 Å². The van der Waals surface area contributed by atoms with Crippen LogP contribution in [0.4, 0.5) is 4.39 Å². The molecule has 2 N–H and O–H groups in total. The first kappa shape index (κ1) is 12.0. The maximum atomic E-state index is 13.2. The van der Waals surface area contributed by atoms with Crippen LogP contribution < -0.4 is 5.73 Å². The molecule has 0 bridgehead atoms. The molecular formula is C13H18FN3. The van der Waals surface area contributed by atoms with E-state index in [4.69, 9.17) is 5.73 Å². The van der Waals surface area contributed by atoms with Gasteiger partial charge in [-0.25, -0.2) is 9.37 Å². The Bertz CT molecular complexity index is 541. The van der Waals surface area contributed by atoms with Crippen molar-refractivity contribution >= 4 is 11.0 Å². The Morgan fingerprint density at radius 3 is 2.76 bits per heavy atom. The Kier molecular flexibility index (Phi) is 2.91. The number of fused-ring (bicyclic) bond motifs is 1. The lowest BCUT2D eigenvalue weighted by molar-refractivity contribution is 0.427. The van der Waals surface area contributed by atoms with E-state index in [0.717, 1.165) is 17.8 Å². The molecule has 92 valence electrons. The molecular weight excluding hydrogens is 217 g/mol. The second-order valence-corrected chi connectivity index (χ2v) is 4.75. The van der Waals surface area contributed by atoms with Crippen molar-refractivity contribution in [2.45, 2.75) is 25.7 Å². The predicted octanol–water partition coefficient (Wildman–Crippen LogP) is 2.34. The second-order valence-electron chi connectivity index (χ2n) is 4.75. The number of imidazole rings is 1. The molecule has 2 rings (SSSR count). The van der Waals surface area contributed by atoms with E-state index in [1.807, 2.05) is 11.6 Å². The highest BCUT2D eigenvalue weighted by Gasteiger charge is 2.28. The van der Waals surface area contributed by atoms with Gasteiger partial charge in [-0.15, -0.1) is 0 Å². The maximum Gasteiger partial charge on any atom is 0.125 e. The molecule has 0 aliphatic carbocycles. The lowest BCUT2D eigenvalue weighted by Crippen LogP contribution is -2.33. The first-order valence-electron chi connectivity index (χ1n) is 5.84. The van der Waals surface area contributed by atoms with Gasteiger partial charge in [-0.2, -0.15) is 0 Å². The van der Waals surface area contributed by atoms with Crippen LogP contribution in [0, 0.1) is 5.82 Å². The molecule has 1 unspecified atom stereocenters. The van der Waals surface area contributed by atoms with Crippen molar-refractivity contribution in [1.82, 2.24) is 9.55 Å². The molecule has 0 aliphatic heterocycles. The first-order chi connectivity index (χ1) is 8.01. The van der Waals surface area contributed by atoms with Gasteiger partial charge in [0, 0.05) is 25.1 Å². The Labute approximate surface area is 100 Å². The summed E-state index contributed by atoms with van der Waals surface area (Å²) >= 11 is 0. The molecule has 2 aromatic rings. The fraction of sp³-hybridized carbons (Fsp3) is 0.462. The molecule has 1 aromatic carbocycles. The Morgan fingerprint density at radius 2 is 2.18 bits per heavy atom. The summed E-state index contributed by atoms with van der Waals surface area (Å²) in [4.78, 5) is 4.53. The molecule has 1 aromatic heterocycles. The predicted molar refractivity (Wildman–Crippen MR) is 67.4 cm³/mol. The van der Waals surface area contributed by atoms with Gasteiger partial charge in [0.1, 0.15) is 11.6 Å². The molecule has 4 heteroatoms. The average Bonchev–Trinajstić information content (AvgIpc) is 2.66. The summed E-state index contributed by atoms with van der Waals surface area (Å²) in [6, 6.07) is 4.68. The number of benzene rings is 1. The zero-order chi connectivity index (χ0) is 12.6. The van der Waals surface area contributed by atoms with E-state index in [9.17, 15) is 4.39 Å². The summed E-state index contributed by atoms with van der Waals surface area (Å²) in [7, 11) is 1.95. The third-order valence-electron chi connectivity index (χ3n) is 3.61. The van der Waals surface area contributed by atoms with Crippen LogP contribution in [-0.2, 0) is 12.5 Å². The van der Waals surface area contributed by atoms with Crippen LogP contribution in [0.2, 0.25) is 0 Å². The van der Waals surface area contributed by atoms with Crippen LogP contribution in [0.1, 0.15) is 26.1 Å². The summed E-state index contributed by atoms with van der Waals surface area (Å²) < 4.78 is 15.2. The number of hydrogen-bond donors (Lipinski definition) is 1. The van der Waals surface area contributed by atoms with Crippen LogP contribution in [-0.4, -0.2) is 16.1 Å². The number of aryl methyl sites for hydroxylation is 1. The number of nitrogens with two attached hydrogens (primary N) is 1. The average molecular weight is 235 g/mol. The van der Waals surface area contributed by atoms with Gasteiger partial charge in [0.15, 0.2) is 0 Å². The number of hydrogen-bond acceptors (Lipinski definition) is 2. The molecule has 0 fully saturated rings. The SMILES string of the molecule is CCC(C)(CN)c1nc2cc(F)ccc2n1C. The van der Waals surface area contributed by atoms with Gasteiger partial charge < -0.3 is 10.3 Å². The van der Waals surface area contributed by atoms with Gasteiger partial charge in [-0.3, -0.25) is 0 Å². The fourth-order valence-corrected chi connectivity index (χ4v) is 2.11. The molecule has 0 aliphatic rings. The number of rotatable bonds is 3. The van der Waals surface area contributed by atoms with E-state index in [2.05, 4.69) is 18.8 Å². The Balaban J connectivity index is 2.67. The largest absolute Gasteiger partial charge is 0.331 e. The lowest BCUT2D eigenvalue weighted by atomic mass is 9.87. The molecule has 0 spiro atoms. The van der Waals surface area contributed by atoms with Gasteiger partial charge >= 0.3 is 0 Å². The number of nitrogens with zero attached hydrogens (tertiary/aromatic N) is 2. The zero-order valence-corrected chi connectivity index (χ0v) is 10.5. The van der Waals surface area contributed by atoms with Crippen molar-refractivity contribution in [3.8, 4) is 0 Å². The van der Waals surface area contributed by atoms with Crippen molar-refractivity contribution in [2.24, 2.45) is 12.8 Å². The van der Waals surface area contributed by atoms with E-state index in [0.29, 0.717) is 12.1 Å². The zero-order valence-electron chi connectivity index (χ0n) is 10.5. The number of aromatic nitrogens is 2. The monoisotopic (exact) mass is 235 g/mol. The molecule has 0 radical (unpaired) electrons. The standard InChI is InChI=1S/C13H18FN3/c1-4-13(2,8-15)12-16-10-7-9(14)5-6-11(10)17(12)3/h5-7H,4,8,15H2,1-3H3. The van der Waals surface area contributed by atoms with Crippen molar-refractivity contribution in [3.05, 3.63) is 29.8 Å². The highest BCUT2D eigenvalue weighted by Crippen LogP contribution is 2.28. The molecule has 1 atom stereocenters. The number of halogens is 1. The van der Waals surface area contributed by atoms with E-state index in [-0.39, 0.29) is 11.2 Å². The van der Waals surface area contributed by atoms with Crippen molar-refractivity contribution < 1.29 is 4.39 Å². The molecule has 0 saturated heterocycles. The summed E-state index contributed by atoms with van der Waals surface area (Å²) in [6.07, 6.45) is 0.906. The third-order valence-corrected chi connectivity index (χ3v) is 3.61. The molecule has 3 nitrogen and oxygen atoms in total. The van der Waals surface area contributed by atoms with E-state index in [1.54, 1.807) is 6.07 Å². The summed E-state index contributed by atoms with van der Waals surface area (Å²) in [6.45, 7) is 4.71. The van der Waals surface area contributed by atoms with Crippen LogP contribution in [0.25, 0.3) is 11.0 Å². The van der Waals surface area contributed by atoms with Crippen LogP contribution in [0.15, 0.2) is 18.2 Å². The quantitative estimate of drug-likeness (QED) is 0.887. The van der Waals surface area contributed by atoms with Gasteiger partial charge in [0.05, 0.1) is 11.0 Å². The topological polar surface area (TPSA) is 43.8 Å². The highest BCUT2D eigenvalue weighted by molar-refractivity contribution is 5.76. The van der Waals surface area contributed by atoms with E-state index < -0.39 is 0 Å². The second kappa shape index (κ2) is 4.11. The van der Waals surface area contributed by atoms with Crippen molar-refractivity contribution in [3.63, 3.8) is 0 Å². The highest BCUT2D eigenvalue weighted by atomic mass is 19.1. The smallest absolute Gasteiger partial charge is 0.125 e. The van der Waals surface area contributed by atoms with Gasteiger partial charge in [-0.1, -0.05) is 13.8 Å².